The van der Waals surface area contributed by atoms with Crippen LogP contribution in [0.25, 0.3) is 5.76 Å². The fourth-order valence-electron chi connectivity index (χ4n) is 1.53. The Morgan fingerprint density at radius 2 is 1.68 bits per heavy atom. The van der Waals surface area contributed by atoms with Crippen molar-refractivity contribution >= 4 is 33.3 Å². The van der Waals surface area contributed by atoms with Gasteiger partial charge in [0, 0.05) is 21.8 Å². The first kappa shape index (κ1) is 13.4. The number of hydrogen-bond donors (Lipinski definition) is 2. The van der Waals surface area contributed by atoms with Gasteiger partial charge in [0.05, 0.1) is 0 Å². The summed E-state index contributed by atoms with van der Waals surface area (Å²) in [5, 5.41) is 12.5. The minimum Gasteiger partial charge on any atom is -0.507 e. The topological polar surface area (TPSA) is 49.3 Å². The number of hydrogen-bond acceptors (Lipinski definition) is 2. The molecule has 0 saturated heterocycles. The summed E-state index contributed by atoms with van der Waals surface area (Å²) in [4.78, 5) is 11.7. The standard InChI is InChI=1S/C15H12BrNO2/c16-12-6-8-13(9-7-12)17-15(19)10-14(18)11-4-2-1-3-5-11/h1-10,18H,(H,17,19). The van der Waals surface area contributed by atoms with Crippen LogP contribution >= 0.6 is 15.9 Å². The molecule has 0 aliphatic heterocycles. The van der Waals surface area contributed by atoms with Crippen molar-refractivity contribution in [3.8, 4) is 0 Å². The maximum absolute atomic E-state index is 11.7. The van der Waals surface area contributed by atoms with Gasteiger partial charge in [-0.2, -0.15) is 0 Å². The minimum absolute atomic E-state index is 0.0600. The predicted molar refractivity (Wildman–Crippen MR) is 79.8 cm³/mol. The highest BCUT2D eigenvalue weighted by molar-refractivity contribution is 9.10. The Bertz CT molecular complexity index is 591. The normalized spacial score (nSPS) is 11.1. The van der Waals surface area contributed by atoms with Crippen molar-refractivity contribution in [3.63, 3.8) is 0 Å². The van der Waals surface area contributed by atoms with Crippen molar-refractivity contribution in [3.05, 3.63) is 70.7 Å². The van der Waals surface area contributed by atoms with Crippen LogP contribution in [0.2, 0.25) is 0 Å². The van der Waals surface area contributed by atoms with E-state index in [4.69, 9.17) is 0 Å². The molecule has 0 radical (unpaired) electrons. The number of carbonyl (C=O) groups is 1. The summed E-state index contributed by atoms with van der Waals surface area (Å²) in [5.41, 5.74) is 1.28. The van der Waals surface area contributed by atoms with E-state index in [0.29, 0.717) is 11.3 Å². The van der Waals surface area contributed by atoms with Crippen molar-refractivity contribution in [2.45, 2.75) is 0 Å². The molecule has 0 aromatic heterocycles. The van der Waals surface area contributed by atoms with Gasteiger partial charge in [-0.25, -0.2) is 0 Å². The zero-order chi connectivity index (χ0) is 13.7. The largest absolute Gasteiger partial charge is 0.507 e. The van der Waals surface area contributed by atoms with Crippen molar-refractivity contribution in [1.29, 1.82) is 0 Å². The smallest absolute Gasteiger partial charge is 0.252 e. The Morgan fingerprint density at radius 1 is 1.05 bits per heavy atom. The van der Waals surface area contributed by atoms with Crippen LogP contribution in [-0.2, 0) is 4.79 Å². The maximum Gasteiger partial charge on any atom is 0.252 e. The van der Waals surface area contributed by atoms with Gasteiger partial charge in [0.15, 0.2) is 0 Å². The fraction of sp³-hybridized carbons (Fsp3) is 0. The van der Waals surface area contributed by atoms with E-state index in [0.717, 1.165) is 10.5 Å². The van der Waals surface area contributed by atoms with Crippen LogP contribution in [0.4, 0.5) is 5.69 Å². The molecule has 0 heterocycles. The van der Waals surface area contributed by atoms with Crippen LogP contribution < -0.4 is 5.32 Å². The molecule has 2 rings (SSSR count). The molecule has 0 fully saturated rings. The highest BCUT2D eigenvalue weighted by Gasteiger charge is 2.03. The number of rotatable bonds is 3. The Balaban J connectivity index is 2.07. The Hall–Kier alpha value is -2.07. The molecule has 0 atom stereocenters. The number of halogens is 1. The van der Waals surface area contributed by atoms with Gasteiger partial charge in [-0.15, -0.1) is 0 Å². The van der Waals surface area contributed by atoms with E-state index < -0.39 is 0 Å². The highest BCUT2D eigenvalue weighted by Crippen LogP contribution is 2.15. The van der Waals surface area contributed by atoms with Gasteiger partial charge >= 0.3 is 0 Å². The highest BCUT2D eigenvalue weighted by atomic mass is 79.9. The Morgan fingerprint density at radius 3 is 2.32 bits per heavy atom. The van der Waals surface area contributed by atoms with E-state index in [9.17, 15) is 9.90 Å². The molecule has 2 N–H and O–H groups in total. The first-order valence-electron chi connectivity index (χ1n) is 5.68. The van der Waals surface area contributed by atoms with E-state index in [1.807, 2.05) is 18.2 Å². The molecule has 0 aliphatic rings. The molecule has 2 aromatic carbocycles. The van der Waals surface area contributed by atoms with Crippen molar-refractivity contribution < 1.29 is 9.90 Å². The first-order chi connectivity index (χ1) is 9.15. The van der Waals surface area contributed by atoms with Gasteiger partial charge in [-0.1, -0.05) is 46.3 Å². The van der Waals surface area contributed by atoms with Crippen LogP contribution in [-0.4, -0.2) is 11.0 Å². The van der Waals surface area contributed by atoms with E-state index in [2.05, 4.69) is 21.2 Å². The summed E-state index contributed by atoms with van der Waals surface area (Å²) in [6.45, 7) is 0. The quantitative estimate of drug-likeness (QED) is 0.664. The van der Waals surface area contributed by atoms with Crippen molar-refractivity contribution in [2.24, 2.45) is 0 Å². The molecule has 3 nitrogen and oxygen atoms in total. The van der Waals surface area contributed by atoms with Crippen LogP contribution in [0, 0.1) is 0 Å². The van der Waals surface area contributed by atoms with Gasteiger partial charge in [0.1, 0.15) is 5.76 Å². The molecule has 0 aliphatic carbocycles. The molecule has 4 heteroatoms. The van der Waals surface area contributed by atoms with Gasteiger partial charge in [-0.3, -0.25) is 4.79 Å². The summed E-state index contributed by atoms with van der Waals surface area (Å²) in [6.07, 6.45) is 1.16. The Labute approximate surface area is 119 Å². The average molecular weight is 318 g/mol. The summed E-state index contributed by atoms with van der Waals surface area (Å²) in [6, 6.07) is 16.1. The molecule has 0 spiro atoms. The van der Waals surface area contributed by atoms with Crippen LogP contribution in [0.3, 0.4) is 0 Å². The molecule has 0 bridgehead atoms. The molecule has 0 unspecified atom stereocenters. The summed E-state index contributed by atoms with van der Waals surface area (Å²) in [7, 11) is 0. The molecule has 19 heavy (non-hydrogen) atoms. The second-order valence-corrected chi connectivity index (χ2v) is 4.81. The van der Waals surface area contributed by atoms with E-state index in [1.165, 1.54) is 0 Å². The SMILES string of the molecule is O=C(C=C(O)c1ccccc1)Nc1ccc(Br)cc1. The Kier molecular flexibility index (Phi) is 4.36. The van der Waals surface area contributed by atoms with Gasteiger partial charge in [-0.05, 0) is 24.3 Å². The number of carbonyl (C=O) groups excluding carboxylic acids is 1. The monoisotopic (exact) mass is 317 g/mol. The second kappa shape index (κ2) is 6.20. The van der Waals surface area contributed by atoms with E-state index in [-0.39, 0.29) is 11.7 Å². The van der Waals surface area contributed by atoms with Crippen molar-refractivity contribution in [2.75, 3.05) is 5.32 Å². The van der Waals surface area contributed by atoms with Gasteiger partial charge in [0.25, 0.3) is 5.91 Å². The van der Waals surface area contributed by atoms with Gasteiger partial charge in [0.2, 0.25) is 0 Å². The number of nitrogens with one attached hydrogen (secondary N) is 1. The van der Waals surface area contributed by atoms with Crippen LogP contribution in [0.5, 0.6) is 0 Å². The van der Waals surface area contributed by atoms with Crippen LogP contribution in [0.15, 0.2) is 65.1 Å². The lowest BCUT2D eigenvalue weighted by Crippen LogP contribution is -2.08. The maximum atomic E-state index is 11.7. The third kappa shape index (κ3) is 3.96. The van der Waals surface area contributed by atoms with Crippen molar-refractivity contribution in [1.82, 2.24) is 0 Å². The lowest BCUT2D eigenvalue weighted by molar-refractivity contribution is -0.111. The molecule has 96 valence electrons. The zero-order valence-corrected chi connectivity index (χ0v) is 11.6. The molecular weight excluding hydrogens is 306 g/mol. The minimum atomic E-state index is -0.372. The number of benzene rings is 2. The third-order valence-corrected chi connectivity index (χ3v) is 2.98. The summed E-state index contributed by atoms with van der Waals surface area (Å²) < 4.78 is 0.938. The van der Waals surface area contributed by atoms with Gasteiger partial charge < -0.3 is 10.4 Å². The van der Waals surface area contributed by atoms with E-state index >= 15 is 0 Å². The molecule has 0 saturated carbocycles. The molecule has 1 amide bonds. The average Bonchev–Trinajstić information content (AvgIpc) is 2.42. The fourth-order valence-corrected chi connectivity index (χ4v) is 1.79. The van der Waals surface area contributed by atoms with Crippen LogP contribution in [0.1, 0.15) is 5.56 Å². The zero-order valence-electron chi connectivity index (χ0n) is 10.0. The molecular formula is C15H12BrNO2. The summed E-state index contributed by atoms with van der Waals surface area (Å²) in [5.74, 6) is -0.432. The number of anilines is 1. The number of amides is 1. The number of aliphatic hydroxyl groups is 1. The number of aliphatic hydroxyl groups excluding tert-OH is 1. The predicted octanol–water partition coefficient (Wildman–Crippen LogP) is 3.99. The molecule has 2 aromatic rings. The summed E-state index contributed by atoms with van der Waals surface area (Å²) >= 11 is 3.32. The van der Waals surface area contributed by atoms with E-state index in [1.54, 1.807) is 36.4 Å². The third-order valence-electron chi connectivity index (χ3n) is 2.45. The lowest BCUT2D eigenvalue weighted by Gasteiger charge is -2.03. The second-order valence-electron chi connectivity index (χ2n) is 3.89. The lowest BCUT2D eigenvalue weighted by atomic mass is 10.2. The first-order valence-corrected chi connectivity index (χ1v) is 6.47.